The molecule has 2 atom stereocenters. The van der Waals surface area contributed by atoms with Crippen LogP contribution in [0.5, 0.6) is 0 Å². The minimum Gasteiger partial charge on any atom is -0.274 e. The molecule has 3 rings (SSSR count). The smallest absolute Gasteiger partial charge is 0.274 e. The minimum atomic E-state index is -4.61. The molecule has 1 saturated carbocycles. The summed E-state index contributed by atoms with van der Waals surface area (Å²) in [5.41, 5.74) is -2.00. The van der Waals surface area contributed by atoms with Crippen molar-refractivity contribution in [1.29, 1.82) is 0 Å². The van der Waals surface area contributed by atoms with Crippen LogP contribution in [-0.2, 0) is 0 Å². The predicted octanol–water partition coefficient (Wildman–Crippen LogP) is 4.13. The van der Waals surface area contributed by atoms with E-state index in [9.17, 15) is 22.8 Å². The van der Waals surface area contributed by atoms with Crippen LogP contribution in [0.3, 0.4) is 0 Å². The molecule has 1 aromatic carbocycles. The Labute approximate surface area is 136 Å². The summed E-state index contributed by atoms with van der Waals surface area (Å²) in [6.07, 6.45) is -4.82. The summed E-state index contributed by atoms with van der Waals surface area (Å²) < 4.78 is 54.4. The van der Waals surface area contributed by atoms with Gasteiger partial charge in [-0.2, -0.15) is 13.2 Å². The Morgan fingerprint density at radius 3 is 2.21 bits per heavy atom. The van der Waals surface area contributed by atoms with Gasteiger partial charge in [0.15, 0.2) is 0 Å². The number of carbonyl (C=O) groups excluding carboxylic acids is 2. The highest BCUT2D eigenvalue weighted by Gasteiger charge is 2.55. The molecule has 1 heterocycles. The SMILES string of the molecule is O=C1c2ccccc2C(=O)N1CCC1(F)CCCCC1C(F)(F)F. The molecule has 0 N–H and O–H groups in total. The molecule has 0 bridgehead atoms. The van der Waals surface area contributed by atoms with E-state index in [2.05, 4.69) is 0 Å². The lowest BCUT2D eigenvalue weighted by atomic mass is 9.74. The minimum absolute atomic E-state index is 0.194. The first-order chi connectivity index (χ1) is 11.2. The van der Waals surface area contributed by atoms with Crippen LogP contribution in [0.15, 0.2) is 24.3 Å². The van der Waals surface area contributed by atoms with Crippen LogP contribution in [0, 0.1) is 5.92 Å². The lowest BCUT2D eigenvalue weighted by Crippen LogP contribution is -2.47. The van der Waals surface area contributed by atoms with Gasteiger partial charge in [0.05, 0.1) is 17.0 Å². The Bertz CT molecular complexity index is 638. The molecule has 1 fully saturated rings. The maximum atomic E-state index is 15.0. The molecule has 24 heavy (non-hydrogen) atoms. The number of imide groups is 1. The van der Waals surface area contributed by atoms with Gasteiger partial charge >= 0.3 is 6.18 Å². The number of alkyl halides is 4. The number of hydrogen-bond donors (Lipinski definition) is 0. The van der Waals surface area contributed by atoms with Gasteiger partial charge in [0.1, 0.15) is 5.67 Å². The molecule has 0 radical (unpaired) electrons. The number of hydrogen-bond acceptors (Lipinski definition) is 2. The van der Waals surface area contributed by atoms with Crippen molar-refractivity contribution in [3.63, 3.8) is 0 Å². The number of amides is 2. The Hall–Kier alpha value is -1.92. The van der Waals surface area contributed by atoms with Gasteiger partial charge in [-0.3, -0.25) is 14.5 Å². The zero-order chi connectivity index (χ0) is 17.5. The van der Waals surface area contributed by atoms with Crippen molar-refractivity contribution in [2.75, 3.05) is 6.54 Å². The summed E-state index contributed by atoms with van der Waals surface area (Å²) in [5, 5.41) is 0. The fourth-order valence-corrected chi connectivity index (χ4v) is 3.70. The first kappa shape index (κ1) is 16.9. The third-order valence-electron chi connectivity index (χ3n) is 4.98. The van der Waals surface area contributed by atoms with E-state index >= 15 is 4.39 Å². The summed E-state index contributed by atoms with van der Waals surface area (Å²) in [4.78, 5) is 25.3. The molecule has 1 aromatic rings. The van der Waals surface area contributed by atoms with Crippen LogP contribution in [0.4, 0.5) is 17.6 Å². The second-order valence-corrected chi connectivity index (χ2v) is 6.43. The molecule has 7 heteroatoms. The van der Waals surface area contributed by atoms with Gasteiger partial charge in [-0.05, 0) is 25.0 Å². The molecule has 0 aromatic heterocycles. The van der Waals surface area contributed by atoms with Gasteiger partial charge in [0, 0.05) is 13.0 Å². The molecule has 0 saturated heterocycles. The molecule has 3 nitrogen and oxygen atoms in total. The number of benzene rings is 1. The Morgan fingerprint density at radius 1 is 1.08 bits per heavy atom. The quantitative estimate of drug-likeness (QED) is 0.611. The van der Waals surface area contributed by atoms with Crippen LogP contribution in [0.2, 0.25) is 0 Å². The Morgan fingerprint density at radius 2 is 1.67 bits per heavy atom. The highest BCUT2D eigenvalue weighted by molar-refractivity contribution is 6.21. The summed E-state index contributed by atoms with van der Waals surface area (Å²) in [5.74, 6) is -3.17. The average Bonchev–Trinajstić information content (AvgIpc) is 2.77. The molecular weight excluding hydrogens is 326 g/mol. The molecular formula is C17H17F4NO2. The van der Waals surface area contributed by atoms with Crippen LogP contribution >= 0.6 is 0 Å². The van der Waals surface area contributed by atoms with E-state index in [1.807, 2.05) is 0 Å². The molecule has 2 aliphatic rings. The van der Waals surface area contributed by atoms with Crippen molar-refractivity contribution in [1.82, 2.24) is 4.90 Å². The van der Waals surface area contributed by atoms with Gasteiger partial charge < -0.3 is 0 Å². The van der Waals surface area contributed by atoms with Gasteiger partial charge in [-0.15, -0.1) is 0 Å². The van der Waals surface area contributed by atoms with Crippen molar-refractivity contribution in [2.45, 2.75) is 43.9 Å². The van der Waals surface area contributed by atoms with E-state index in [1.54, 1.807) is 12.1 Å². The zero-order valence-corrected chi connectivity index (χ0v) is 12.9. The van der Waals surface area contributed by atoms with E-state index in [4.69, 9.17) is 0 Å². The van der Waals surface area contributed by atoms with E-state index in [0.29, 0.717) is 12.8 Å². The van der Waals surface area contributed by atoms with E-state index < -0.39 is 36.0 Å². The van der Waals surface area contributed by atoms with Gasteiger partial charge in [-0.25, -0.2) is 4.39 Å². The normalized spacial score (nSPS) is 27.5. The first-order valence-corrected chi connectivity index (χ1v) is 7.95. The summed E-state index contributed by atoms with van der Waals surface area (Å²) in [6, 6.07) is 6.18. The monoisotopic (exact) mass is 343 g/mol. The van der Waals surface area contributed by atoms with Crippen LogP contribution in [-0.4, -0.2) is 35.1 Å². The van der Waals surface area contributed by atoms with Crippen molar-refractivity contribution in [3.05, 3.63) is 35.4 Å². The number of rotatable bonds is 3. The maximum absolute atomic E-state index is 15.0. The van der Waals surface area contributed by atoms with E-state index in [-0.39, 0.29) is 30.5 Å². The largest absolute Gasteiger partial charge is 0.394 e. The topological polar surface area (TPSA) is 37.4 Å². The number of carbonyl (C=O) groups is 2. The van der Waals surface area contributed by atoms with Crippen LogP contribution < -0.4 is 0 Å². The second kappa shape index (κ2) is 5.86. The fourth-order valence-electron chi connectivity index (χ4n) is 3.70. The van der Waals surface area contributed by atoms with Gasteiger partial charge in [-0.1, -0.05) is 25.0 Å². The maximum Gasteiger partial charge on any atom is 0.394 e. The first-order valence-electron chi connectivity index (χ1n) is 7.95. The molecule has 130 valence electrons. The van der Waals surface area contributed by atoms with Crippen LogP contribution in [0.1, 0.15) is 52.8 Å². The third-order valence-corrected chi connectivity index (χ3v) is 4.98. The molecule has 0 spiro atoms. The van der Waals surface area contributed by atoms with Gasteiger partial charge in [0.25, 0.3) is 11.8 Å². The molecule has 2 unspecified atom stereocenters. The lowest BCUT2D eigenvalue weighted by Gasteiger charge is -2.39. The lowest BCUT2D eigenvalue weighted by molar-refractivity contribution is -0.222. The van der Waals surface area contributed by atoms with Gasteiger partial charge in [0.2, 0.25) is 0 Å². The van der Waals surface area contributed by atoms with Crippen molar-refractivity contribution in [2.24, 2.45) is 5.92 Å². The highest BCUT2D eigenvalue weighted by atomic mass is 19.4. The predicted molar refractivity (Wildman–Crippen MR) is 78.3 cm³/mol. The number of fused-ring (bicyclic) bond motifs is 1. The number of halogens is 4. The molecule has 2 amide bonds. The van der Waals surface area contributed by atoms with E-state index in [1.165, 1.54) is 12.1 Å². The van der Waals surface area contributed by atoms with Crippen LogP contribution in [0.25, 0.3) is 0 Å². The summed E-state index contributed by atoms with van der Waals surface area (Å²) >= 11 is 0. The third kappa shape index (κ3) is 2.80. The fraction of sp³-hybridized carbons (Fsp3) is 0.529. The summed E-state index contributed by atoms with van der Waals surface area (Å²) in [6.45, 7) is -0.338. The van der Waals surface area contributed by atoms with Crippen molar-refractivity contribution >= 4 is 11.8 Å². The Balaban J connectivity index is 1.76. The molecule has 1 aliphatic heterocycles. The second-order valence-electron chi connectivity index (χ2n) is 6.43. The summed E-state index contributed by atoms with van der Waals surface area (Å²) in [7, 11) is 0. The molecule has 1 aliphatic carbocycles. The van der Waals surface area contributed by atoms with Crippen molar-refractivity contribution < 1.29 is 27.2 Å². The zero-order valence-electron chi connectivity index (χ0n) is 12.9. The number of nitrogens with zero attached hydrogens (tertiary/aromatic N) is 1. The standard InChI is InChI=1S/C17H17F4NO2/c18-16(8-4-3-7-13(16)17(19,20)21)9-10-22-14(23)11-5-1-2-6-12(11)15(22)24/h1-2,5-6,13H,3-4,7-10H2. The van der Waals surface area contributed by atoms with Crippen molar-refractivity contribution in [3.8, 4) is 0 Å². The van der Waals surface area contributed by atoms with E-state index in [0.717, 1.165) is 4.90 Å². The Kier molecular flexibility index (Phi) is 4.13. The highest BCUT2D eigenvalue weighted by Crippen LogP contribution is 2.48. The average molecular weight is 343 g/mol.